The summed E-state index contributed by atoms with van der Waals surface area (Å²) < 4.78 is 0. The van der Waals surface area contributed by atoms with Crippen LogP contribution in [0.1, 0.15) is 0 Å². The van der Waals surface area contributed by atoms with Crippen LogP contribution in [0.15, 0.2) is 0 Å². The monoisotopic (exact) mass is 381 g/mol. The molecular formula is AlClCsN3O9. The third-order valence-electron chi connectivity index (χ3n) is 0. The van der Waals surface area contributed by atoms with E-state index in [1.165, 1.54) is 0 Å². The van der Waals surface area contributed by atoms with Crippen molar-refractivity contribution < 1.29 is 96.6 Å². The minimum absolute atomic E-state index is 0. The van der Waals surface area contributed by atoms with E-state index in [9.17, 15) is 0 Å². The van der Waals surface area contributed by atoms with E-state index in [0.29, 0.717) is 0 Å². The largest absolute Gasteiger partial charge is 3.00 e. The molecule has 80 valence electrons. The number of nitrogens with zero attached hydrogens (tertiary/aromatic N) is 3. The predicted molar refractivity (Wildman–Crippen MR) is 36.8 cm³/mol. The van der Waals surface area contributed by atoms with Crippen LogP contribution in [-0.4, -0.2) is 32.6 Å². The maximum atomic E-state index is 8.25. The van der Waals surface area contributed by atoms with Crippen LogP contribution in [-0.2, 0) is 0 Å². The third kappa shape index (κ3) is 10000. The van der Waals surface area contributed by atoms with Gasteiger partial charge in [-0.15, -0.1) is 0 Å². The van der Waals surface area contributed by atoms with Gasteiger partial charge in [-0.05, 0) is 0 Å². The average molecular weight is 381 g/mol. The third-order valence-corrected chi connectivity index (χ3v) is 0. The molecular weight excluding hydrogens is 381 g/mol. The smallest absolute Gasteiger partial charge is 1.00 e. The van der Waals surface area contributed by atoms with Crippen molar-refractivity contribution in [1.29, 1.82) is 0 Å². The van der Waals surface area contributed by atoms with Crippen molar-refractivity contribution in [1.82, 2.24) is 0 Å². The molecule has 0 spiro atoms. The van der Waals surface area contributed by atoms with Crippen molar-refractivity contribution in [3.63, 3.8) is 0 Å². The fourth-order valence-corrected chi connectivity index (χ4v) is 0. The van der Waals surface area contributed by atoms with Crippen LogP contribution >= 0.6 is 0 Å². The average Bonchev–Trinajstić information content (AvgIpc) is 1.54. The molecule has 15 heavy (non-hydrogen) atoms. The van der Waals surface area contributed by atoms with Crippen LogP contribution in [0.25, 0.3) is 0 Å². The summed E-state index contributed by atoms with van der Waals surface area (Å²) in [6.45, 7) is 0. The van der Waals surface area contributed by atoms with E-state index >= 15 is 0 Å². The predicted octanol–water partition coefficient (Wildman–Crippen LogP) is -7.09. The van der Waals surface area contributed by atoms with Crippen LogP contribution in [0.5, 0.6) is 0 Å². The summed E-state index contributed by atoms with van der Waals surface area (Å²) in [5.74, 6) is 0. The molecule has 0 unspecified atom stereocenters. The second kappa shape index (κ2) is 29.3. The van der Waals surface area contributed by atoms with Gasteiger partial charge >= 0.3 is 86.3 Å². The van der Waals surface area contributed by atoms with Crippen LogP contribution in [0.2, 0.25) is 0 Å². The number of rotatable bonds is 0. The van der Waals surface area contributed by atoms with Crippen LogP contribution in [0, 0.1) is 46.0 Å². The summed E-state index contributed by atoms with van der Waals surface area (Å²) in [6, 6.07) is 0. The zero-order valence-electron chi connectivity index (χ0n) is 6.97. The SMILES string of the molecule is O=[N+]([O-])[O-].O=[N+]([O-])[O-].O=[N+]([O-])[O-].[Al+3].[Cl-].[Cs+]. The van der Waals surface area contributed by atoms with Crippen LogP contribution in [0.3, 0.4) is 0 Å². The van der Waals surface area contributed by atoms with Crippen molar-refractivity contribution in [2.75, 3.05) is 0 Å². The van der Waals surface area contributed by atoms with E-state index in [4.69, 9.17) is 46.0 Å². The Balaban J connectivity index is -0.0000000184. The van der Waals surface area contributed by atoms with Crippen molar-refractivity contribution in [2.45, 2.75) is 0 Å². The second-order valence-electron chi connectivity index (χ2n) is 0.671. The first kappa shape index (κ1) is 36.1. The first-order valence-corrected chi connectivity index (χ1v) is 1.64. The molecule has 0 rings (SSSR count). The molecule has 0 aliphatic heterocycles. The Kier molecular flexibility index (Phi) is 70.5. The first-order valence-electron chi connectivity index (χ1n) is 1.64. The van der Waals surface area contributed by atoms with Gasteiger partial charge in [-0.3, -0.25) is 0 Å². The Labute approximate surface area is 157 Å². The quantitative estimate of drug-likeness (QED) is 0.222. The van der Waals surface area contributed by atoms with E-state index in [0.717, 1.165) is 0 Å². The van der Waals surface area contributed by atoms with Gasteiger partial charge in [-0.25, -0.2) is 0 Å². The first-order chi connectivity index (χ1) is 5.20. The fourth-order valence-electron chi connectivity index (χ4n) is 0. The summed E-state index contributed by atoms with van der Waals surface area (Å²) >= 11 is 0. The number of hydrogen-bond acceptors (Lipinski definition) is 9. The molecule has 12 nitrogen and oxygen atoms in total. The summed E-state index contributed by atoms with van der Waals surface area (Å²) in [5.41, 5.74) is 0. The molecule has 0 aliphatic rings. The van der Waals surface area contributed by atoms with E-state index < -0.39 is 15.3 Å². The normalized spacial score (nSPS) is 4.80. The second-order valence-corrected chi connectivity index (χ2v) is 0.671. The van der Waals surface area contributed by atoms with Gasteiger partial charge in [0, 0.05) is 0 Å². The van der Waals surface area contributed by atoms with Gasteiger partial charge in [0.1, 0.15) is 0 Å². The van der Waals surface area contributed by atoms with Gasteiger partial charge in [0.15, 0.2) is 0 Å². The molecule has 0 fully saturated rings. The Bertz CT molecular complexity index is 123. The maximum Gasteiger partial charge on any atom is 3.00 e. The summed E-state index contributed by atoms with van der Waals surface area (Å²) in [4.78, 5) is 24.8. The molecule has 0 N–H and O–H groups in total. The van der Waals surface area contributed by atoms with Crippen molar-refractivity contribution in [2.24, 2.45) is 0 Å². The summed E-state index contributed by atoms with van der Waals surface area (Å²) in [6.07, 6.45) is 0. The van der Waals surface area contributed by atoms with E-state index in [1.54, 1.807) is 0 Å². The molecule has 0 saturated heterocycles. The van der Waals surface area contributed by atoms with Crippen LogP contribution < -0.4 is 81.3 Å². The zero-order chi connectivity index (χ0) is 10.7. The fraction of sp³-hybridized carbons (Fsp3) is 0. The Hall–Kier alpha value is 0.474. The number of halogens is 1. The Morgan fingerprint density at radius 1 is 0.600 bits per heavy atom. The molecule has 0 amide bonds. The maximum absolute atomic E-state index is 8.25. The van der Waals surface area contributed by atoms with Gasteiger partial charge in [0.2, 0.25) is 0 Å². The molecule has 0 bridgehead atoms. The molecule has 0 radical (unpaired) electrons. The molecule has 0 heterocycles. The van der Waals surface area contributed by atoms with Crippen molar-refractivity contribution in [3.05, 3.63) is 46.0 Å². The zero-order valence-corrected chi connectivity index (χ0v) is 15.2. The molecule has 15 heteroatoms. The van der Waals surface area contributed by atoms with Gasteiger partial charge in [0.25, 0.3) is 0 Å². The summed E-state index contributed by atoms with van der Waals surface area (Å²) in [7, 11) is 0. The number of hydrogen-bond donors (Lipinski definition) is 0. The van der Waals surface area contributed by atoms with E-state index in [2.05, 4.69) is 0 Å². The topological polar surface area (TPSA) is 199 Å². The van der Waals surface area contributed by atoms with Gasteiger partial charge < -0.3 is 58.4 Å². The van der Waals surface area contributed by atoms with Gasteiger partial charge in [-0.2, -0.15) is 0 Å². The van der Waals surface area contributed by atoms with Crippen LogP contribution in [0.4, 0.5) is 0 Å². The van der Waals surface area contributed by atoms with Crippen molar-refractivity contribution >= 4 is 17.4 Å². The molecule has 0 aliphatic carbocycles. The van der Waals surface area contributed by atoms with E-state index in [-0.39, 0.29) is 98.7 Å². The molecule has 0 aromatic rings. The summed E-state index contributed by atoms with van der Waals surface area (Å²) in [5, 5.41) is 44.2. The standard InChI is InChI=1S/Al.ClH.Cs.3NO3/c;;;3*2-1(3)4/h;1H;;;;/q+3;;+1;3*-1/p-1. The molecule has 0 saturated carbocycles. The molecule has 0 atom stereocenters. The Morgan fingerprint density at radius 2 is 0.600 bits per heavy atom. The minimum atomic E-state index is -1.75. The van der Waals surface area contributed by atoms with Gasteiger partial charge in [0.05, 0.1) is 15.3 Å². The van der Waals surface area contributed by atoms with Gasteiger partial charge in [-0.1, -0.05) is 0 Å². The Morgan fingerprint density at radius 3 is 0.600 bits per heavy atom. The minimum Gasteiger partial charge on any atom is -1.00 e. The molecule has 0 aromatic carbocycles. The van der Waals surface area contributed by atoms with E-state index in [1.807, 2.05) is 0 Å². The van der Waals surface area contributed by atoms with Crippen molar-refractivity contribution in [3.8, 4) is 0 Å². The molecule has 0 aromatic heterocycles.